The molecule has 5 nitrogen and oxygen atoms in total. The van der Waals surface area contributed by atoms with Crippen molar-refractivity contribution in [2.45, 2.75) is 100 Å². The minimum Gasteiger partial charge on any atom is -0.481 e. The van der Waals surface area contributed by atoms with Crippen LogP contribution in [0, 0.1) is 61.1 Å². The maximum Gasteiger partial charge on any atom is 0.310 e. The number of rotatable bonds is 1. The highest BCUT2D eigenvalue weighted by molar-refractivity contribution is 5.97. The molecule has 0 bridgehead atoms. The van der Waals surface area contributed by atoms with Crippen LogP contribution in [0.4, 0.5) is 0 Å². The van der Waals surface area contributed by atoms with E-state index in [-0.39, 0.29) is 39.3 Å². The van der Waals surface area contributed by atoms with Gasteiger partial charge < -0.3 is 9.84 Å². The number of ketones is 1. The Morgan fingerprint density at radius 1 is 1.00 bits per heavy atom. The molecular weight excluding hydrogens is 474 g/mol. The van der Waals surface area contributed by atoms with Crippen LogP contribution in [0.1, 0.15) is 100 Å². The van der Waals surface area contributed by atoms with Crippen LogP contribution in [0.5, 0.6) is 0 Å². The van der Waals surface area contributed by atoms with Crippen molar-refractivity contribution in [3.05, 3.63) is 23.3 Å². The van der Waals surface area contributed by atoms with Crippen molar-refractivity contribution in [2.24, 2.45) is 49.7 Å². The molecule has 0 aromatic heterocycles. The summed E-state index contributed by atoms with van der Waals surface area (Å²) < 4.78 is 5.97. The lowest BCUT2D eigenvalue weighted by atomic mass is 9.31. The van der Waals surface area contributed by atoms with Crippen LogP contribution in [0.25, 0.3) is 0 Å². The molecule has 7 atom stereocenters. The lowest BCUT2D eigenvalue weighted by Crippen LogP contribution is -2.69. The number of carboxylic acid groups (broad SMARTS) is 1. The van der Waals surface area contributed by atoms with E-state index in [9.17, 15) is 20.0 Å². The monoisotopic (exact) mass is 521 g/mol. The quantitative estimate of drug-likeness (QED) is 0.397. The summed E-state index contributed by atoms with van der Waals surface area (Å²) >= 11 is 0. The molecular formula is C33H47NO4. The van der Waals surface area contributed by atoms with E-state index in [4.69, 9.17) is 4.74 Å². The van der Waals surface area contributed by atoms with Gasteiger partial charge in [0.1, 0.15) is 0 Å². The highest BCUT2D eigenvalue weighted by atomic mass is 16.5. The molecule has 5 aliphatic rings. The Morgan fingerprint density at radius 2 is 1.66 bits per heavy atom. The third-order valence-corrected chi connectivity index (χ3v) is 12.9. The largest absolute Gasteiger partial charge is 0.481 e. The zero-order chi connectivity index (χ0) is 28.2. The van der Waals surface area contributed by atoms with Gasteiger partial charge in [-0.25, -0.2) is 0 Å². The van der Waals surface area contributed by atoms with E-state index < -0.39 is 22.2 Å². The second kappa shape index (κ2) is 8.06. The Morgan fingerprint density at radius 3 is 2.29 bits per heavy atom. The fourth-order valence-electron chi connectivity index (χ4n) is 11.0. The number of nitrogens with zero attached hydrogens (tertiary/aromatic N) is 1. The van der Waals surface area contributed by atoms with Gasteiger partial charge in [0.15, 0.2) is 5.78 Å². The van der Waals surface area contributed by atoms with Crippen molar-refractivity contribution in [3.63, 3.8) is 0 Å². The molecule has 4 aliphatic carbocycles. The summed E-state index contributed by atoms with van der Waals surface area (Å²) in [5.74, 6) is -0.714. The second-order valence-electron chi connectivity index (χ2n) is 15.9. The first-order valence-corrected chi connectivity index (χ1v) is 14.6. The van der Waals surface area contributed by atoms with E-state index in [2.05, 4.69) is 67.5 Å². The maximum atomic E-state index is 14.6. The molecule has 38 heavy (non-hydrogen) atoms. The van der Waals surface area contributed by atoms with E-state index in [1.54, 1.807) is 0 Å². The summed E-state index contributed by atoms with van der Waals surface area (Å²) in [4.78, 5) is 27.6. The third-order valence-electron chi connectivity index (χ3n) is 12.9. The fourth-order valence-corrected chi connectivity index (χ4v) is 11.0. The molecule has 1 aliphatic heterocycles. The average Bonchev–Trinajstić information content (AvgIpc) is 2.78. The van der Waals surface area contributed by atoms with Crippen LogP contribution in [-0.2, 0) is 14.3 Å². The number of fused-ring (bicyclic) bond motifs is 7. The number of nitriles is 1. The number of ether oxygens (including phenoxy) is 1. The molecule has 0 spiro atoms. The standard InChI is InChI=1S/C33H47NO4/c1-27(2)11-13-33(26(36)37)14-12-31(7)25(32(33,8)19-27)22(35)15-24-29(5)16-21(17-34)18-38-20-28(3,4)23(29)9-10-30(24,31)6/h15-16,23,25H,9-14,18-20H2,1-8H3,(H,36,37)/b21-16-/t23?,25-,29-,30+,31+,32-,33+/m0/s1. The Kier molecular flexibility index (Phi) is 5.86. The Labute approximate surface area is 229 Å². The number of hydrogen-bond donors (Lipinski definition) is 1. The van der Waals surface area contributed by atoms with Crippen molar-refractivity contribution >= 4 is 11.8 Å². The SMILES string of the molecule is CC1(C)CC[C@]2(C(=O)O)CC[C@]3(C)[C@H](C(=O)C=C4[C@@]5(C)/C=C(/C#N)COCC(C)(C)C5CC[C@]43C)[C@]2(C)C1. The molecule has 1 N–H and O–H groups in total. The molecule has 5 heteroatoms. The predicted molar refractivity (Wildman–Crippen MR) is 147 cm³/mol. The van der Waals surface area contributed by atoms with Gasteiger partial charge in [0.2, 0.25) is 0 Å². The predicted octanol–water partition coefficient (Wildman–Crippen LogP) is 7.13. The summed E-state index contributed by atoms with van der Waals surface area (Å²) in [5, 5.41) is 20.7. The zero-order valence-corrected chi connectivity index (χ0v) is 24.8. The van der Waals surface area contributed by atoms with Gasteiger partial charge in [-0.05, 0) is 84.0 Å². The lowest BCUT2D eigenvalue weighted by molar-refractivity contribution is -0.216. The van der Waals surface area contributed by atoms with Crippen molar-refractivity contribution in [1.29, 1.82) is 5.26 Å². The molecule has 0 saturated heterocycles. The number of hydrogen-bond acceptors (Lipinski definition) is 4. The summed E-state index contributed by atoms with van der Waals surface area (Å²) in [6.45, 7) is 18.9. The topological polar surface area (TPSA) is 87.4 Å². The third kappa shape index (κ3) is 3.31. The molecule has 0 aromatic carbocycles. The minimum atomic E-state index is -0.862. The van der Waals surface area contributed by atoms with E-state index in [1.807, 2.05) is 6.08 Å². The van der Waals surface area contributed by atoms with Crippen LogP contribution in [0.15, 0.2) is 23.3 Å². The van der Waals surface area contributed by atoms with E-state index >= 15 is 0 Å². The van der Waals surface area contributed by atoms with Crippen molar-refractivity contribution in [3.8, 4) is 6.07 Å². The molecule has 5 rings (SSSR count). The highest BCUT2D eigenvalue weighted by Crippen LogP contribution is 2.77. The van der Waals surface area contributed by atoms with E-state index in [1.165, 1.54) is 0 Å². The molecule has 3 saturated carbocycles. The van der Waals surface area contributed by atoms with Gasteiger partial charge in [-0.2, -0.15) is 5.26 Å². The number of carbonyl (C=O) groups is 2. The number of carboxylic acids is 1. The molecule has 1 unspecified atom stereocenters. The van der Waals surface area contributed by atoms with Gasteiger partial charge in [-0.3, -0.25) is 9.59 Å². The smallest absolute Gasteiger partial charge is 0.310 e. The fraction of sp³-hybridized carbons (Fsp3) is 0.788. The highest BCUT2D eigenvalue weighted by Gasteiger charge is 2.74. The second-order valence-corrected chi connectivity index (χ2v) is 15.9. The molecule has 0 amide bonds. The summed E-state index contributed by atoms with van der Waals surface area (Å²) in [7, 11) is 0. The zero-order valence-electron chi connectivity index (χ0n) is 24.8. The minimum absolute atomic E-state index is 0.00520. The molecule has 0 aromatic rings. The van der Waals surface area contributed by atoms with Crippen LogP contribution in [0.3, 0.4) is 0 Å². The molecule has 1 heterocycles. The molecule has 3 fully saturated rings. The summed E-state index contributed by atoms with van der Waals surface area (Å²) in [6, 6.07) is 2.37. The van der Waals surface area contributed by atoms with Crippen LogP contribution < -0.4 is 0 Å². The lowest BCUT2D eigenvalue weighted by Gasteiger charge is -2.71. The number of allylic oxidation sites excluding steroid dienone is 3. The first kappa shape index (κ1) is 27.6. The van der Waals surface area contributed by atoms with Gasteiger partial charge in [0, 0.05) is 11.3 Å². The summed E-state index contributed by atoms with van der Waals surface area (Å²) in [6.07, 6.45) is 9.63. The Hall–Kier alpha value is -1.93. The first-order valence-electron chi connectivity index (χ1n) is 14.6. The number of aliphatic carboxylic acids is 1. The van der Waals surface area contributed by atoms with Gasteiger partial charge in [0.05, 0.1) is 30.3 Å². The van der Waals surface area contributed by atoms with Gasteiger partial charge in [-0.1, -0.05) is 67.0 Å². The van der Waals surface area contributed by atoms with Crippen molar-refractivity contribution in [1.82, 2.24) is 0 Å². The average molecular weight is 522 g/mol. The van der Waals surface area contributed by atoms with Crippen molar-refractivity contribution in [2.75, 3.05) is 13.2 Å². The van der Waals surface area contributed by atoms with E-state index in [0.717, 1.165) is 37.7 Å². The van der Waals surface area contributed by atoms with Gasteiger partial charge in [0.25, 0.3) is 0 Å². The van der Waals surface area contributed by atoms with Crippen LogP contribution >= 0.6 is 0 Å². The van der Waals surface area contributed by atoms with Crippen LogP contribution in [-0.4, -0.2) is 30.1 Å². The summed E-state index contributed by atoms with van der Waals surface area (Å²) in [5.41, 5.74) is -0.862. The van der Waals surface area contributed by atoms with Gasteiger partial charge in [-0.15, -0.1) is 0 Å². The van der Waals surface area contributed by atoms with Gasteiger partial charge >= 0.3 is 5.97 Å². The number of carbonyl (C=O) groups excluding carboxylic acids is 1. The van der Waals surface area contributed by atoms with Crippen molar-refractivity contribution < 1.29 is 19.4 Å². The Balaban J connectivity index is 1.74. The first-order chi connectivity index (χ1) is 17.4. The maximum absolute atomic E-state index is 14.6. The molecule has 208 valence electrons. The van der Waals surface area contributed by atoms with Crippen LogP contribution in [0.2, 0.25) is 0 Å². The van der Waals surface area contributed by atoms with E-state index in [0.29, 0.717) is 31.6 Å². The normalized spacial score (nSPS) is 48.8. The molecule has 0 radical (unpaired) electrons. The Bertz CT molecular complexity index is 1190.